The first-order valence-electron chi connectivity index (χ1n) is 9.74. The minimum atomic E-state index is -0.722. The molecule has 0 spiro atoms. The highest BCUT2D eigenvalue weighted by Crippen LogP contribution is 2.29. The second-order valence-corrected chi connectivity index (χ2v) is 10.1. The molecule has 3 rings (SSSR count). The van der Waals surface area contributed by atoms with Gasteiger partial charge >= 0.3 is 5.97 Å². The van der Waals surface area contributed by atoms with E-state index >= 15 is 0 Å². The van der Waals surface area contributed by atoms with Crippen LogP contribution in [0.25, 0.3) is 10.9 Å². The first kappa shape index (κ1) is 25.1. The largest absolute Gasteiger partial charge is 0.477 e. The Labute approximate surface area is 221 Å². The lowest BCUT2D eigenvalue weighted by molar-refractivity contribution is -0.147. The molecule has 0 bridgehead atoms. The molecule has 7 nitrogen and oxygen atoms in total. The van der Waals surface area contributed by atoms with Crippen molar-refractivity contribution >= 4 is 84.2 Å². The van der Waals surface area contributed by atoms with Gasteiger partial charge < -0.3 is 9.47 Å². The van der Waals surface area contributed by atoms with E-state index in [1.807, 2.05) is 31.2 Å². The molecule has 32 heavy (non-hydrogen) atoms. The number of aryl methyl sites for hydroxylation is 1. The number of aromatic nitrogens is 2. The number of rotatable bonds is 7. The number of hydrogen-bond donors (Lipinski definition) is 0. The lowest BCUT2D eigenvalue weighted by Crippen LogP contribution is -2.25. The average Bonchev–Trinajstić information content (AvgIpc) is 2.76. The van der Waals surface area contributed by atoms with Gasteiger partial charge in [0.2, 0.25) is 0 Å². The molecule has 1 aromatic heterocycles. The van der Waals surface area contributed by atoms with Gasteiger partial charge in [-0.2, -0.15) is 9.78 Å². The number of esters is 1. The lowest BCUT2D eigenvalue weighted by Gasteiger charge is -2.15. The molecule has 2 aromatic carbocycles. The minimum Gasteiger partial charge on any atom is -0.477 e. The molecule has 0 radical (unpaired) electrons. The molecule has 3 aromatic rings. The highest BCUT2D eigenvalue weighted by molar-refractivity contribution is 14.1. The molecular formula is C22H20BrI2N3O4. The summed E-state index contributed by atoms with van der Waals surface area (Å²) in [5.74, 6) is 0.766. The molecular weight excluding hydrogens is 704 g/mol. The van der Waals surface area contributed by atoms with E-state index in [1.165, 1.54) is 11.8 Å². The summed E-state index contributed by atoms with van der Waals surface area (Å²) in [6, 6.07) is 9.20. The van der Waals surface area contributed by atoms with Crippen molar-refractivity contribution in [3.05, 3.63) is 63.7 Å². The number of methoxy groups -OCH3 is 1. The fourth-order valence-corrected chi connectivity index (χ4v) is 5.41. The third-order valence-corrected chi connectivity index (χ3v) is 6.62. The molecule has 0 amide bonds. The first-order chi connectivity index (χ1) is 15.2. The second-order valence-electron chi connectivity index (χ2n) is 6.90. The zero-order valence-electron chi connectivity index (χ0n) is 17.6. The van der Waals surface area contributed by atoms with Gasteiger partial charge in [-0.3, -0.25) is 4.79 Å². The van der Waals surface area contributed by atoms with E-state index in [2.05, 4.69) is 71.2 Å². The molecule has 0 aliphatic carbocycles. The van der Waals surface area contributed by atoms with Crippen molar-refractivity contribution in [3.8, 4) is 5.75 Å². The van der Waals surface area contributed by atoms with Crippen LogP contribution in [0.1, 0.15) is 31.7 Å². The van der Waals surface area contributed by atoms with Crippen LogP contribution in [0.2, 0.25) is 0 Å². The van der Waals surface area contributed by atoms with Crippen LogP contribution in [0.5, 0.6) is 5.75 Å². The number of benzene rings is 2. The Hall–Kier alpha value is -1.54. The van der Waals surface area contributed by atoms with Crippen LogP contribution in [-0.2, 0) is 16.0 Å². The van der Waals surface area contributed by atoms with Crippen molar-refractivity contribution in [1.82, 2.24) is 9.66 Å². The van der Waals surface area contributed by atoms with Gasteiger partial charge in [0.15, 0.2) is 6.10 Å². The smallest absolute Gasteiger partial charge is 0.346 e. The van der Waals surface area contributed by atoms with E-state index in [0.29, 0.717) is 28.9 Å². The van der Waals surface area contributed by atoms with Crippen molar-refractivity contribution in [2.75, 3.05) is 7.11 Å². The van der Waals surface area contributed by atoms with Crippen LogP contribution < -0.4 is 10.3 Å². The Bertz CT molecular complexity index is 1240. The highest BCUT2D eigenvalue weighted by atomic mass is 127. The maximum atomic E-state index is 13.1. The number of nitrogens with zero attached hydrogens (tertiary/aromatic N) is 3. The number of carbonyl (C=O) groups excluding carboxylic acids is 1. The summed E-state index contributed by atoms with van der Waals surface area (Å²) in [5.41, 5.74) is 1.23. The molecule has 1 atom stereocenters. The third kappa shape index (κ3) is 5.68. The van der Waals surface area contributed by atoms with Crippen molar-refractivity contribution in [1.29, 1.82) is 0 Å². The normalized spacial score (nSPS) is 12.3. The fourth-order valence-electron chi connectivity index (χ4n) is 2.98. The van der Waals surface area contributed by atoms with Crippen molar-refractivity contribution < 1.29 is 14.3 Å². The zero-order chi connectivity index (χ0) is 23.4. The van der Waals surface area contributed by atoms with Crippen molar-refractivity contribution in [3.63, 3.8) is 0 Å². The van der Waals surface area contributed by atoms with Gasteiger partial charge in [-0.05, 0) is 94.4 Å². The van der Waals surface area contributed by atoms with E-state index in [4.69, 9.17) is 9.47 Å². The van der Waals surface area contributed by atoms with Crippen molar-refractivity contribution in [2.24, 2.45) is 5.10 Å². The number of carbonyl (C=O) groups is 1. The predicted molar refractivity (Wildman–Crippen MR) is 145 cm³/mol. The monoisotopic (exact) mass is 723 g/mol. The molecule has 0 aliphatic rings. The predicted octanol–water partition coefficient (Wildman–Crippen LogP) is 5.14. The van der Waals surface area contributed by atoms with E-state index in [0.717, 1.165) is 23.6 Å². The number of hydrogen-bond acceptors (Lipinski definition) is 6. The van der Waals surface area contributed by atoms with E-state index in [9.17, 15) is 9.59 Å². The summed E-state index contributed by atoms with van der Waals surface area (Å²) in [5, 5.41) is 4.97. The van der Waals surface area contributed by atoms with E-state index in [1.54, 1.807) is 19.2 Å². The van der Waals surface area contributed by atoms with E-state index < -0.39 is 12.1 Å². The summed E-state index contributed by atoms with van der Waals surface area (Å²) in [7, 11) is 1.33. The average molecular weight is 724 g/mol. The highest BCUT2D eigenvalue weighted by Gasteiger charge is 2.18. The van der Waals surface area contributed by atoms with Crippen molar-refractivity contribution in [2.45, 2.75) is 32.8 Å². The number of ether oxygens (including phenoxy) is 2. The molecule has 10 heteroatoms. The van der Waals surface area contributed by atoms with Crippen LogP contribution in [0.4, 0.5) is 0 Å². The number of halogens is 3. The summed E-state index contributed by atoms with van der Waals surface area (Å²) in [6.07, 6.45) is 2.37. The first-order valence-corrected chi connectivity index (χ1v) is 12.7. The fraction of sp³-hybridized carbons (Fsp3) is 0.273. The van der Waals surface area contributed by atoms with Gasteiger partial charge in [0.05, 0.1) is 31.4 Å². The standard InChI is InChI=1S/C22H20BrI2N3O4/c1-4-5-19-27-18-7-6-14(23)10-15(18)21(29)28(19)26-11-13-8-16(24)20(17(25)9-13)32-12(2)22(30)31-3/h6-12H,4-5H2,1-3H3/t12-/m1/s1. The van der Waals surface area contributed by atoms with Gasteiger partial charge in [0.25, 0.3) is 5.56 Å². The SMILES string of the molecule is CCCc1nc2ccc(Br)cc2c(=O)n1N=Cc1cc(I)c(O[C@H](C)C(=O)OC)c(I)c1. The van der Waals surface area contributed by atoms with Crippen LogP contribution in [0.15, 0.2) is 44.7 Å². The van der Waals surface area contributed by atoms with Crippen LogP contribution in [0.3, 0.4) is 0 Å². The zero-order valence-corrected chi connectivity index (χ0v) is 23.5. The molecule has 1 heterocycles. The van der Waals surface area contributed by atoms with Gasteiger partial charge in [-0.15, -0.1) is 0 Å². The van der Waals surface area contributed by atoms with Gasteiger partial charge in [0, 0.05) is 10.9 Å². The van der Waals surface area contributed by atoms with E-state index in [-0.39, 0.29) is 5.56 Å². The van der Waals surface area contributed by atoms with Crippen LogP contribution >= 0.6 is 61.1 Å². The quantitative estimate of drug-likeness (QED) is 0.192. The Morgan fingerprint density at radius 3 is 2.59 bits per heavy atom. The molecule has 0 N–H and O–H groups in total. The Morgan fingerprint density at radius 1 is 1.28 bits per heavy atom. The van der Waals surface area contributed by atoms with Crippen LogP contribution in [-0.4, -0.2) is 35.1 Å². The van der Waals surface area contributed by atoms with Crippen LogP contribution in [0, 0.1) is 7.14 Å². The molecule has 0 unspecified atom stereocenters. The summed E-state index contributed by atoms with van der Waals surface area (Å²) in [6.45, 7) is 3.67. The maximum Gasteiger partial charge on any atom is 0.346 e. The summed E-state index contributed by atoms with van der Waals surface area (Å²) in [4.78, 5) is 29.4. The topological polar surface area (TPSA) is 82.8 Å². The maximum absolute atomic E-state index is 13.1. The molecule has 0 aliphatic heterocycles. The minimum absolute atomic E-state index is 0.216. The molecule has 168 valence electrons. The Morgan fingerprint density at radius 2 is 1.97 bits per heavy atom. The molecule has 0 saturated heterocycles. The van der Waals surface area contributed by atoms with Gasteiger partial charge in [-0.25, -0.2) is 9.78 Å². The summed E-state index contributed by atoms with van der Waals surface area (Å²) < 4.78 is 14.3. The molecule has 0 saturated carbocycles. The lowest BCUT2D eigenvalue weighted by atomic mass is 10.2. The molecule has 0 fully saturated rings. The number of fused-ring (bicyclic) bond motifs is 1. The Kier molecular flexibility index (Phi) is 8.67. The third-order valence-electron chi connectivity index (χ3n) is 4.52. The van der Waals surface area contributed by atoms with Gasteiger partial charge in [0.1, 0.15) is 11.6 Å². The second kappa shape index (κ2) is 11.1. The Balaban J connectivity index is 2.00. The van der Waals surface area contributed by atoms with Gasteiger partial charge in [-0.1, -0.05) is 22.9 Å². The summed E-state index contributed by atoms with van der Waals surface area (Å²) >= 11 is 7.71.